The van der Waals surface area contributed by atoms with Gasteiger partial charge in [-0.3, -0.25) is 9.78 Å². The molecule has 4 aromatic rings. The second-order valence-electron chi connectivity index (χ2n) is 5.08. The van der Waals surface area contributed by atoms with Gasteiger partial charge in [0.2, 0.25) is 0 Å². The van der Waals surface area contributed by atoms with Crippen LogP contribution in [0, 0.1) is 0 Å². The zero-order valence-corrected chi connectivity index (χ0v) is 11.7. The fourth-order valence-electron chi connectivity index (χ4n) is 2.66. The first-order valence-corrected chi connectivity index (χ1v) is 7.04. The molecule has 4 rings (SSSR count). The number of nitrogens with zero attached hydrogens (tertiary/aromatic N) is 1. The van der Waals surface area contributed by atoms with Crippen LogP contribution in [0.1, 0.15) is 10.4 Å². The molecular weight excluding hydrogens is 274 g/mol. The molecule has 0 fully saturated rings. The highest BCUT2D eigenvalue weighted by Crippen LogP contribution is 2.24. The van der Waals surface area contributed by atoms with Crippen molar-refractivity contribution in [2.45, 2.75) is 0 Å². The Kier molecular flexibility index (Phi) is 2.86. The molecule has 106 valence electrons. The number of pyridine rings is 1. The smallest absolute Gasteiger partial charge is 0.256 e. The van der Waals surface area contributed by atoms with E-state index in [4.69, 9.17) is 0 Å². The number of anilines is 1. The van der Waals surface area contributed by atoms with E-state index < -0.39 is 0 Å². The van der Waals surface area contributed by atoms with Crippen molar-refractivity contribution in [2.75, 3.05) is 5.32 Å². The van der Waals surface area contributed by atoms with E-state index >= 15 is 0 Å². The zero-order chi connectivity index (χ0) is 14.9. The molecule has 4 heteroatoms. The predicted octanol–water partition coefficient (Wildman–Crippen LogP) is 3.97. The molecule has 0 spiro atoms. The first-order valence-electron chi connectivity index (χ1n) is 7.04. The summed E-state index contributed by atoms with van der Waals surface area (Å²) < 4.78 is 0. The molecule has 4 nitrogen and oxygen atoms in total. The third kappa shape index (κ3) is 2.02. The number of carbonyl (C=O) groups is 1. The van der Waals surface area contributed by atoms with Gasteiger partial charge in [0.1, 0.15) is 0 Å². The number of hydrogen-bond donors (Lipinski definition) is 2. The minimum Gasteiger partial charge on any atom is -0.359 e. The number of fused-ring (bicyclic) bond motifs is 2. The van der Waals surface area contributed by atoms with Crippen LogP contribution in [0.4, 0.5) is 5.69 Å². The lowest BCUT2D eigenvalue weighted by molar-refractivity contribution is 0.102. The topological polar surface area (TPSA) is 57.8 Å². The van der Waals surface area contributed by atoms with Gasteiger partial charge in [0, 0.05) is 28.7 Å². The van der Waals surface area contributed by atoms with Crippen molar-refractivity contribution in [3.05, 3.63) is 72.6 Å². The van der Waals surface area contributed by atoms with Gasteiger partial charge in [-0.25, -0.2) is 0 Å². The standard InChI is InChI=1S/C18H13N3O/c22-18(13-9-10-19-15-7-3-1-5-12(13)15)21-17-11-20-16-8-4-2-6-14(16)17/h1-11,20H,(H,21,22). The molecule has 0 saturated heterocycles. The van der Waals surface area contributed by atoms with E-state index in [-0.39, 0.29) is 5.91 Å². The molecule has 0 saturated carbocycles. The maximum absolute atomic E-state index is 12.6. The number of hydrogen-bond acceptors (Lipinski definition) is 2. The Morgan fingerprint density at radius 2 is 1.73 bits per heavy atom. The van der Waals surface area contributed by atoms with E-state index in [0.717, 1.165) is 27.5 Å². The highest BCUT2D eigenvalue weighted by atomic mass is 16.1. The van der Waals surface area contributed by atoms with Crippen LogP contribution in [-0.2, 0) is 0 Å². The number of nitrogens with one attached hydrogen (secondary N) is 2. The molecule has 0 aliphatic rings. The number of rotatable bonds is 2. The summed E-state index contributed by atoms with van der Waals surface area (Å²) in [6, 6.07) is 17.2. The van der Waals surface area contributed by atoms with Crippen LogP contribution in [0.15, 0.2) is 67.0 Å². The van der Waals surface area contributed by atoms with Gasteiger partial charge in [0.15, 0.2) is 0 Å². The summed E-state index contributed by atoms with van der Waals surface area (Å²) >= 11 is 0. The molecule has 2 aromatic carbocycles. The second-order valence-corrected chi connectivity index (χ2v) is 5.08. The summed E-state index contributed by atoms with van der Waals surface area (Å²) in [5, 5.41) is 4.82. The number of aromatic nitrogens is 2. The van der Waals surface area contributed by atoms with Crippen LogP contribution < -0.4 is 5.32 Å². The van der Waals surface area contributed by atoms with Crippen molar-refractivity contribution in [3.63, 3.8) is 0 Å². The van der Waals surface area contributed by atoms with Crippen LogP contribution >= 0.6 is 0 Å². The Morgan fingerprint density at radius 3 is 2.64 bits per heavy atom. The van der Waals surface area contributed by atoms with E-state index in [1.807, 2.05) is 54.7 Å². The summed E-state index contributed by atoms with van der Waals surface area (Å²) in [6.45, 7) is 0. The zero-order valence-electron chi connectivity index (χ0n) is 11.7. The molecule has 0 radical (unpaired) electrons. The van der Waals surface area contributed by atoms with Crippen LogP contribution in [0.3, 0.4) is 0 Å². The maximum atomic E-state index is 12.6. The van der Waals surface area contributed by atoms with Crippen LogP contribution in [0.25, 0.3) is 21.8 Å². The summed E-state index contributed by atoms with van der Waals surface area (Å²) in [5.41, 5.74) is 3.21. The van der Waals surface area contributed by atoms with Gasteiger partial charge >= 0.3 is 0 Å². The van der Waals surface area contributed by atoms with Crippen molar-refractivity contribution in [1.82, 2.24) is 9.97 Å². The SMILES string of the molecule is O=C(Nc1c[nH]c2ccccc12)c1ccnc2ccccc12. The normalized spacial score (nSPS) is 10.9. The largest absolute Gasteiger partial charge is 0.359 e. The lowest BCUT2D eigenvalue weighted by Crippen LogP contribution is -2.12. The molecule has 2 aromatic heterocycles. The minimum atomic E-state index is -0.136. The lowest BCUT2D eigenvalue weighted by atomic mass is 10.1. The third-order valence-electron chi connectivity index (χ3n) is 3.73. The van der Waals surface area contributed by atoms with Crippen molar-refractivity contribution in [3.8, 4) is 0 Å². The number of H-pyrrole nitrogens is 1. The molecule has 1 amide bonds. The molecule has 0 unspecified atom stereocenters. The molecule has 2 heterocycles. The highest BCUT2D eigenvalue weighted by Gasteiger charge is 2.12. The first-order chi connectivity index (χ1) is 10.8. The van der Waals surface area contributed by atoms with Gasteiger partial charge < -0.3 is 10.3 Å². The molecule has 0 aliphatic carbocycles. The van der Waals surface area contributed by atoms with E-state index in [2.05, 4.69) is 15.3 Å². The number of carbonyl (C=O) groups excluding carboxylic acids is 1. The molecule has 2 N–H and O–H groups in total. The average molecular weight is 287 g/mol. The van der Waals surface area contributed by atoms with Crippen molar-refractivity contribution < 1.29 is 4.79 Å². The predicted molar refractivity (Wildman–Crippen MR) is 88.0 cm³/mol. The van der Waals surface area contributed by atoms with Gasteiger partial charge in [-0.1, -0.05) is 36.4 Å². The first kappa shape index (κ1) is 12.6. The molecular formula is C18H13N3O. The van der Waals surface area contributed by atoms with E-state index in [1.54, 1.807) is 12.3 Å². The lowest BCUT2D eigenvalue weighted by Gasteiger charge is -2.06. The molecule has 22 heavy (non-hydrogen) atoms. The number of benzene rings is 2. The van der Waals surface area contributed by atoms with Crippen LogP contribution in [-0.4, -0.2) is 15.9 Å². The Hall–Kier alpha value is -3.14. The number of amides is 1. The van der Waals surface area contributed by atoms with Crippen molar-refractivity contribution >= 4 is 33.4 Å². The second kappa shape index (κ2) is 5.00. The Labute approximate surface area is 126 Å². The molecule has 0 aliphatic heterocycles. The number of para-hydroxylation sites is 2. The summed E-state index contributed by atoms with van der Waals surface area (Å²) in [7, 11) is 0. The maximum Gasteiger partial charge on any atom is 0.256 e. The molecule has 0 bridgehead atoms. The van der Waals surface area contributed by atoms with Crippen molar-refractivity contribution in [2.24, 2.45) is 0 Å². The third-order valence-corrected chi connectivity index (χ3v) is 3.73. The molecule has 0 atom stereocenters. The Balaban J connectivity index is 1.75. The summed E-state index contributed by atoms with van der Waals surface area (Å²) in [6.07, 6.45) is 3.47. The van der Waals surface area contributed by atoms with Gasteiger partial charge in [-0.2, -0.15) is 0 Å². The van der Waals surface area contributed by atoms with Gasteiger partial charge in [0.25, 0.3) is 5.91 Å². The number of aromatic amines is 1. The minimum absolute atomic E-state index is 0.136. The van der Waals surface area contributed by atoms with E-state index in [1.165, 1.54) is 0 Å². The van der Waals surface area contributed by atoms with E-state index in [9.17, 15) is 4.79 Å². The summed E-state index contributed by atoms with van der Waals surface area (Å²) in [4.78, 5) is 20.1. The van der Waals surface area contributed by atoms with Crippen molar-refractivity contribution in [1.29, 1.82) is 0 Å². The quantitative estimate of drug-likeness (QED) is 0.586. The van der Waals surface area contributed by atoms with Gasteiger partial charge in [-0.15, -0.1) is 0 Å². The Bertz CT molecular complexity index is 982. The van der Waals surface area contributed by atoms with E-state index in [0.29, 0.717) is 5.56 Å². The fourth-order valence-corrected chi connectivity index (χ4v) is 2.66. The van der Waals surface area contributed by atoms with Crippen LogP contribution in [0.2, 0.25) is 0 Å². The fraction of sp³-hybridized carbons (Fsp3) is 0. The average Bonchev–Trinajstić information content (AvgIpc) is 2.97. The van der Waals surface area contributed by atoms with Gasteiger partial charge in [-0.05, 0) is 18.2 Å². The monoisotopic (exact) mass is 287 g/mol. The Morgan fingerprint density at radius 1 is 0.955 bits per heavy atom. The van der Waals surface area contributed by atoms with Crippen LogP contribution in [0.5, 0.6) is 0 Å². The highest BCUT2D eigenvalue weighted by molar-refractivity contribution is 6.14. The van der Waals surface area contributed by atoms with Gasteiger partial charge in [0.05, 0.1) is 16.8 Å². The summed E-state index contributed by atoms with van der Waals surface area (Å²) in [5.74, 6) is -0.136.